The molecule has 1 N–H and O–H groups in total. The van der Waals surface area contributed by atoms with E-state index in [0.717, 1.165) is 12.0 Å². The predicted octanol–water partition coefficient (Wildman–Crippen LogP) is 2.66. The lowest BCUT2D eigenvalue weighted by molar-refractivity contribution is -0.148. The van der Waals surface area contributed by atoms with E-state index in [2.05, 4.69) is 13.8 Å². The molecule has 0 heterocycles. The molecule has 3 heteroatoms. The minimum absolute atomic E-state index is 0.0220. The van der Waals surface area contributed by atoms with Gasteiger partial charge >= 0.3 is 5.97 Å². The largest absolute Gasteiger partial charge is 0.462 e. The van der Waals surface area contributed by atoms with Crippen molar-refractivity contribution >= 4 is 5.97 Å². The summed E-state index contributed by atoms with van der Waals surface area (Å²) < 4.78 is 4.87. The standard InChI is InChI=1S/C15H22O3/c1-11(2)9-13-5-7-14(8-6-13)15(4,17)10-18-12(3)16/h5-8,11,17H,9-10H2,1-4H3. The molecule has 0 bridgehead atoms. The van der Waals surface area contributed by atoms with E-state index in [9.17, 15) is 9.90 Å². The first kappa shape index (κ1) is 14.7. The van der Waals surface area contributed by atoms with Gasteiger partial charge in [0.2, 0.25) is 0 Å². The summed E-state index contributed by atoms with van der Waals surface area (Å²) in [5, 5.41) is 10.2. The number of carbonyl (C=O) groups excluding carboxylic acids is 1. The Morgan fingerprint density at radius 1 is 1.33 bits per heavy atom. The molecule has 1 rings (SSSR count). The minimum atomic E-state index is -1.14. The van der Waals surface area contributed by atoms with Crippen LogP contribution in [0.4, 0.5) is 0 Å². The van der Waals surface area contributed by atoms with Crippen molar-refractivity contribution in [3.63, 3.8) is 0 Å². The van der Waals surface area contributed by atoms with Crippen molar-refractivity contribution in [2.75, 3.05) is 6.61 Å². The van der Waals surface area contributed by atoms with Crippen molar-refractivity contribution < 1.29 is 14.6 Å². The van der Waals surface area contributed by atoms with Gasteiger partial charge in [0.05, 0.1) is 0 Å². The molecule has 0 aromatic heterocycles. The molecule has 0 fully saturated rings. The number of ether oxygens (including phenoxy) is 1. The van der Waals surface area contributed by atoms with E-state index in [1.165, 1.54) is 12.5 Å². The van der Waals surface area contributed by atoms with E-state index in [1.54, 1.807) is 6.92 Å². The van der Waals surface area contributed by atoms with Gasteiger partial charge in [0, 0.05) is 6.92 Å². The number of hydrogen-bond acceptors (Lipinski definition) is 3. The lowest BCUT2D eigenvalue weighted by Gasteiger charge is -2.23. The van der Waals surface area contributed by atoms with Crippen LogP contribution in [0, 0.1) is 5.92 Å². The average Bonchev–Trinajstić information content (AvgIpc) is 2.26. The van der Waals surface area contributed by atoms with Gasteiger partial charge in [-0.25, -0.2) is 0 Å². The van der Waals surface area contributed by atoms with Crippen molar-refractivity contribution in [1.29, 1.82) is 0 Å². The normalized spacial score (nSPS) is 14.3. The molecule has 1 aromatic rings. The number of rotatable bonds is 5. The Balaban J connectivity index is 2.73. The molecule has 0 aliphatic rings. The summed E-state index contributed by atoms with van der Waals surface area (Å²) in [7, 11) is 0. The summed E-state index contributed by atoms with van der Waals surface area (Å²) in [5.41, 5.74) is 0.871. The van der Waals surface area contributed by atoms with Gasteiger partial charge < -0.3 is 9.84 Å². The van der Waals surface area contributed by atoms with Crippen LogP contribution in [0.25, 0.3) is 0 Å². The minimum Gasteiger partial charge on any atom is -0.462 e. The van der Waals surface area contributed by atoms with Gasteiger partial charge in [0.15, 0.2) is 0 Å². The van der Waals surface area contributed by atoms with Gasteiger partial charge in [0.25, 0.3) is 0 Å². The first-order valence-electron chi connectivity index (χ1n) is 6.26. The van der Waals surface area contributed by atoms with Crippen LogP contribution in [0.15, 0.2) is 24.3 Å². The zero-order valence-corrected chi connectivity index (χ0v) is 11.6. The van der Waals surface area contributed by atoms with Gasteiger partial charge in [-0.1, -0.05) is 38.1 Å². The molecule has 18 heavy (non-hydrogen) atoms. The average molecular weight is 250 g/mol. The molecule has 0 aliphatic heterocycles. The highest BCUT2D eigenvalue weighted by Gasteiger charge is 2.24. The van der Waals surface area contributed by atoms with E-state index < -0.39 is 5.60 Å². The summed E-state index contributed by atoms with van der Waals surface area (Å²) in [6.07, 6.45) is 1.02. The molecular formula is C15H22O3. The number of aliphatic hydroxyl groups is 1. The van der Waals surface area contributed by atoms with Crippen LogP contribution in [-0.2, 0) is 21.6 Å². The van der Waals surface area contributed by atoms with Gasteiger partial charge in [-0.3, -0.25) is 4.79 Å². The molecule has 0 saturated heterocycles. The Bertz CT molecular complexity index is 391. The molecular weight excluding hydrogens is 228 g/mol. The molecule has 0 spiro atoms. The zero-order valence-electron chi connectivity index (χ0n) is 11.6. The fraction of sp³-hybridized carbons (Fsp3) is 0.533. The van der Waals surface area contributed by atoms with Gasteiger partial charge in [0.1, 0.15) is 12.2 Å². The van der Waals surface area contributed by atoms with Crippen LogP contribution < -0.4 is 0 Å². The molecule has 1 atom stereocenters. The Hall–Kier alpha value is -1.35. The molecule has 0 radical (unpaired) electrons. The van der Waals surface area contributed by atoms with Crippen LogP contribution in [-0.4, -0.2) is 17.7 Å². The SMILES string of the molecule is CC(=O)OCC(C)(O)c1ccc(CC(C)C)cc1. The van der Waals surface area contributed by atoms with Gasteiger partial charge in [-0.05, 0) is 30.4 Å². The topological polar surface area (TPSA) is 46.5 Å². The lowest BCUT2D eigenvalue weighted by Crippen LogP contribution is -2.28. The molecule has 1 aromatic carbocycles. The predicted molar refractivity (Wildman–Crippen MR) is 71.2 cm³/mol. The first-order chi connectivity index (χ1) is 8.31. The summed E-state index contributed by atoms with van der Waals surface area (Å²) in [6, 6.07) is 7.80. The Morgan fingerprint density at radius 3 is 2.33 bits per heavy atom. The smallest absolute Gasteiger partial charge is 0.302 e. The third-order valence-corrected chi connectivity index (χ3v) is 2.78. The number of carbonyl (C=O) groups is 1. The second-order valence-corrected chi connectivity index (χ2v) is 5.35. The van der Waals surface area contributed by atoms with Crippen LogP contribution in [0.3, 0.4) is 0 Å². The fourth-order valence-corrected chi connectivity index (χ4v) is 1.80. The van der Waals surface area contributed by atoms with E-state index in [0.29, 0.717) is 5.92 Å². The van der Waals surface area contributed by atoms with Gasteiger partial charge in [-0.2, -0.15) is 0 Å². The van der Waals surface area contributed by atoms with Crippen molar-refractivity contribution in [2.45, 2.75) is 39.7 Å². The highest BCUT2D eigenvalue weighted by molar-refractivity contribution is 5.66. The molecule has 0 saturated carbocycles. The number of esters is 1. The van der Waals surface area contributed by atoms with Crippen molar-refractivity contribution in [2.24, 2.45) is 5.92 Å². The third-order valence-electron chi connectivity index (χ3n) is 2.78. The monoisotopic (exact) mass is 250 g/mol. The summed E-state index contributed by atoms with van der Waals surface area (Å²) in [6.45, 7) is 7.30. The molecule has 3 nitrogen and oxygen atoms in total. The maximum Gasteiger partial charge on any atom is 0.302 e. The Kier molecular flexibility index (Phi) is 4.91. The third kappa shape index (κ3) is 4.49. The summed E-state index contributed by atoms with van der Waals surface area (Å²) in [4.78, 5) is 10.8. The lowest BCUT2D eigenvalue weighted by atomic mass is 9.94. The maximum atomic E-state index is 10.8. The molecule has 0 amide bonds. The second kappa shape index (κ2) is 6.01. The van der Waals surface area contributed by atoms with Crippen molar-refractivity contribution in [1.82, 2.24) is 0 Å². The van der Waals surface area contributed by atoms with Crippen LogP contribution in [0.5, 0.6) is 0 Å². The van der Waals surface area contributed by atoms with E-state index in [4.69, 9.17) is 4.74 Å². The van der Waals surface area contributed by atoms with E-state index in [1.807, 2.05) is 24.3 Å². The second-order valence-electron chi connectivity index (χ2n) is 5.35. The molecule has 1 unspecified atom stereocenters. The van der Waals surface area contributed by atoms with E-state index in [-0.39, 0.29) is 12.6 Å². The number of benzene rings is 1. The molecule has 100 valence electrons. The highest BCUT2D eigenvalue weighted by Crippen LogP contribution is 2.22. The summed E-state index contributed by atoms with van der Waals surface area (Å²) in [5.74, 6) is 0.226. The maximum absolute atomic E-state index is 10.8. The van der Waals surface area contributed by atoms with Gasteiger partial charge in [-0.15, -0.1) is 0 Å². The van der Waals surface area contributed by atoms with Crippen molar-refractivity contribution in [3.8, 4) is 0 Å². The van der Waals surface area contributed by atoms with Crippen molar-refractivity contribution in [3.05, 3.63) is 35.4 Å². The van der Waals surface area contributed by atoms with Crippen LogP contribution >= 0.6 is 0 Å². The fourth-order valence-electron chi connectivity index (χ4n) is 1.80. The Labute approximate surface area is 109 Å². The zero-order chi connectivity index (χ0) is 13.8. The Morgan fingerprint density at radius 2 is 1.89 bits per heavy atom. The van der Waals surface area contributed by atoms with E-state index >= 15 is 0 Å². The van der Waals surface area contributed by atoms with Crippen LogP contribution in [0.2, 0.25) is 0 Å². The highest BCUT2D eigenvalue weighted by atomic mass is 16.5. The molecule has 0 aliphatic carbocycles. The van der Waals surface area contributed by atoms with Crippen LogP contribution in [0.1, 0.15) is 38.8 Å². The summed E-state index contributed by atoms with van der Waals surface area (Å²) >= 11 is 0. The quantitative estimate of drug-likeness (QED) is 0.817. The first-order valence-corrected chi connectivity index (χ1v) is 6.26. The number of hydrogen-bond donors (Lipinski definition) is 1.